The highest BCUT2D eigenvalue weighted by Crippen LogP contribution is 2.42. The van der Waals surface area contributed by atoms with Crippen molar-refractivity contribution in [3.63, 3.8) is 0 Å². The summed E-state index contributed by atoms with van der Waals surface area (Å²) in [5.41, 5.74) is 5.42. The lowest BCUT2D eigenvalue weighted by Crippen LogP contribution is -2.29. The average Bonchev–Trinajstić information content (AvgIpc) is 3.41. The van der Waals surface area contributed by atoms with Gasteiger partial charge in [-0.05, 0) is 70.9 Å². The number of carboxylic acid groups (broad SMARTS) is 1. The molecule has 0 saturated carbocycles. The fourth-order valence-corrected chi connectivity index (χ4v) is 4.75. The fourth-order valence-electron chi connectivity index (χ4n) is 4.63. The Kier molecular flexibility index (Phi) is 7.36. The van der Waals surface area contributed by atoms with Crippen molar-refractivity contribution in [2.75, 3.05) is 7.11 Å². The molecule has 0 aliphatic heterocycles. The number of carbonyl (C=O) groups is 2. The van der Waals surface area contributed by atoms with Crippen molar-refractivity contribution in [3.05, 3.63) is 69.8 Å². The highest BCUT2D eigenvalue weighted by atomic mass is 35.5. The number of benzene rings is 1. The topological polar surface area (TPSA) is 108 Å². The van der Waals surface area contributed by atoms with Crippen LogP contribution in [-0.4, -0.2) is 49.2 Å². The van der Waals surface area contributed by atoms with Gasteiger partial charge in [0.05, 0.1) is 24.9 Å². The van der Waals surface area contributed by atoms with Crippen LogP contribution in [-0.2, 0) is 20.8 Å². The first-order chi connectivity index (χ1) is 17.8. The molecule has 0 spiro atoms. The Hall–Kier alpha value is -3.69. The maximum Gasteiger partial charge on any atom is 0.432 e. The second-order valence-electron chi connectivity index (χ2n) is 10.2. The first kappa shape index (κ1) is 27.3. The molecule has 4 rings (SSSR count). The van der Waals surface area contributed by atoms with Gasteiger partial charge in [-0.25, -0.2) is 14.6 Å². The Labute approximate surface area is 226 Å². The first-order valence-electron chi connectivity index (χ1n) is 12.1. The van der Waals surface area contributed by atoms with Crippen LogP contribution >= 0.6 is 11.6 Å². The molecule has 1 unspecified atom stereocenters. The summed E-state index contributed by atoms with van der Waals surface area (Å²) in [6.45, 7) is 11.8. The van der Waals surface area contributed by atoms with Gasteiger partial charge in [-0.3, -0.25) is 0 Å². The minimum atomic E-state index is -1.15. The van der Waals surface area contributed by atoms with Gasteiger partial charge in [0.2, 0.25) is 0 Å². The van der Waals surface area contributed by atoms with E-state index >= 15 is 0 Å². The van der Waals surface area contributed by atoms with Crippen LogP contribution < -0.4 is 0 Å². The van der Waals surface area contributed by atoms with Crippen LogP contribution in [0.2, 0.25) is 5.02 Å². The van der Waals surface area contributed by atoms with E-state index in [2.05, 4.69) is 5.10 Å². The lowest BCUT2D eigenvalue weighted by molar-refractivity contribution is -0.164. The van der Waals surface area contributed by atoms with Crippen LogP contribution in [0.5, 0.6) is 0 Å². The molecule has 0 fully saturated rings. The molecule has 0 aliphatic carbocycles. The number of fused-ring (bicyclic) bond motifs is 1. The van der Waals surface area contributed by atoms with Gasteiger partial charge in [0, 0.05) is 39.1 Å². The Bertz CT molecular complexity index is 1530. The molecule has 10 heteroatoms. The minimum Gasteiger partial charge on any atom is -0.467 e. The number of pyridine rings is 1. The molecule has 9 nitrogen and oxygen atoms in total. The normalized spacial score (nSPS) is 12.6. The maximum atomic E-state index is 13.1. The van der Waals surface area contributed by atoms with Gasteiger partial charge in [0.25, 0.3) is 0 Å². The zero-order valence-corrected chi connectivity index (χ0v) is 23.3. The number of methoxy groups -OCH3 is 1. The van der Waals surface area contributed by atoms with Gasteiger partial charge in [-0.1, -0.05) is 23.7 Å². The van der Waals surface area contributed by atoms with Crippen molar-refractivity contribution in [1.82, 2.24) is 19.3 Å². The molecule has 0 aliphatic rings. The first-order valence-corrected chi connectivity index (χ1v) is 12.5. The van der Waals surface area contributed by atoms with Crippen LogP contribution in [0.3, 0.4) is 0 Å². The Balaban J connectivity index is 2.05. The molecule has 4 aromatic rings. The van der Waals surface area contributed by atoms with E-state index in [0.717, 1.165) is 32.5 Å². The quantitative estimate of drug-likeness (QED) is 0.296. The monoisotopic (exact) mass is 538 g/mol. The SMILES string of the molecule is COC(=O)C(OC(C)(C)C)c1c(C)nc2c(c(C)c(C)n2Cc2ccn(C(=O)O)n2)c1-c1ccc(Cl)cc1. The summed E-state index contributed by atoms with van der Waals surface area (Å²) >= 11 is 6.22. The largest absolute Gasteiger partial charge is 0.467 e. The second-order valence-corrected chi connectivity index (χ2v) is 10.6. The van der Waals surface area contributed by atoms with Crippen LogP contribution in [0.15, 0.2) is 36.5 Å². The average molecular weight is 539 g/mol. The standard InChI is InChI=1S/C28H31ClN4O5/c1-15-17(3)32(14-20-12-13-33(31-20)27(35)36)25-21(15)23(18-8-10-19(29)11-9-18)22(16(2)30-25)24(26(34)37-7)38-28(4,5)6/h8-13,24H,14H2,1-7H3,(H,35,36). The number of halogens is 1. The van der Waals surface area contributed by atoms with Crippen LogP contribution in [0.4, 0.5) is 4.79 Å². The summed E-state index contributed by atoms with van der Waals surface area (Å²) in [6, 6.07) is 9.09. The van der Waals surface area contributed by atoms with Crippen LogP contribution in [0.1, 0.15) is 55.1 Å². The summed E-state index contributed by atoms with van der Waals surface area (Å²) in [7, 11) is 1.34. The van der Waals surface area contributed by atoms with E-state index in [-0.39, 0.29) is 0 Å². The number of aryl methyl sites for hydroxylation is 2. The summed E-state index contributed by atoms with van der Waals surface area (Å²) in [5.74, 6) is -0.521. The molecule has 3 aromatic heterocycles. The van der Waals surface area contributed by atoms with Crippen molar-refractivity contribution in [1.29, 1.82) is 0 Å². The van der Waals surface area contributed by atoms with Crippen molar-refractivity contribution in [3.8, 4) is 11.1 Å². The van der Waals surface area contributed by atoms with Gasteiger partial charge in [-0.15, -0.1) is 0 Å². The van der Waals surface area contributed by atoms with Crippen molar-refractivity contribution in [2.45, 2.75) is 59.8 Å². The van der Waals surface area contributed by atoms with E-state index in [1.165, 1.54) is 13.3 Å². The van der Waals surface area contributed by atoms with Gasteiger partial charge in [0.15, 0.2) is 6.10 Å². The molecule has 0 saturated heterocycles. The van der Waals surface area contributed by atoms with Gasteiger partial charge < -0.3 is 19.1 Å². The number of carbonyl (C=O) groups excluding carboxylic acids is 1. The molecule has 0 bridgehead atoms. The molecule has 200 valence electrons. The molecular formula is C28H31ClN4O5. The second kappa shape index (κ2) is 10.2. The zero-order valence-electron chi connectivity index (χ0n) is 22.5. The summed E-state index contributed by atoms with van der Waals surface area (Å²) in [6.07, 6.45) is -0.763. The van der Waals surface area contributed by atoms with E-state index in [4.69, 9.17) is 26.1 Å². The van der Waals surface area contributed by atoms with Crippen LogP contribution in [0.25, 0.3) is 22.2 Å². The smallest absolute Gasteiger partial charge is 0.432 e. The lowest BCUT2D eigenvalue weighted by atomic mass is 9.91. The van der Waals surface area contributed by atoms with Gasteiger partial charge in [-0.2, -0.15) is 9.78 Å². The third kappa shape index (κ3) is 5.16. The molecule has 3 heterocycles. The van der Waals surface area contributed by atoms with Crippen molar-refractivity contribution >= 4 is 34.7 Å². The van der Waals surface area contributed by atoms with Gasteiger partial charge >= 0.3 is 12.1 Å². The van der Waals surface area contributed by atoms with Crippen molar-refractivity contribution < 1.29 is 24.2 Å². The third-order valence-electron chi connectivity index (χ3n) is 6.43. The molecule has 38 heavy (non-hydrogen) atoms. The van der Waals surface area contributed by atoms with E-state index < -0.39 is 23.8 Å². The third-order valence-corrected chi connectivity index (χ3v) is 6.68. The highest BCUT2D eigenvalue weighted by molar-refractivity contribution is 6.30. The van der Waals surface area contributed by atoms with Crippen molar-refractivity contribution in [2.24, 2.45) is 0 Å². The Morgan fingerprint density at radius 2 is 1.76 bits per heavy atom. The number of hydrogen-bond acceptors (Lipinski definition) is 6. The van der Waals surface area contributed by atoms with Crippen LogP contribution in [0, 0.1) is 20.8 Å². The molecular weight excluding hydrogens is 508 g/mol. The lowest BCUT2D eigenvalue weighted by Gasteiger charge is -2.28. The maximum absolute atomic E-state index is 13.1. The summed E-state index contributed by atoms with van der Waals surface area (Å²) in [5, 5.41) is 14.9. The number of hydrogen-bond donors (Lipinski definition) is 1. The molecule has 1 atom stereocenters. The molecule has 0 radical (unpaired) electrons. The summed E-state index contributed by atoms with van der Waals surface area (Å²) in [4.78, 5) is 29.4. The predicted octanol–water partition coefficient (Wildman–Crippen LogP) is 6.08. The number of aromatic nitrogens is 4. The molecule has 0 amide bonds. The van der Waals surface area contributed by atoms with E-state index in [9.17, 15) is 14.7 Å². The number of rotatable bonds is 6. The fraction of sp³-hybridized carbons (Fsp3) is 0.357. The number of esters is 1. The van der Waals surface area contributed by atoms with E-state index in [0.29, 0.717) is 34.2 Å². The highest BCUT2D eigenvalue weighted by Gasteiger charge is 2.34. The van der Waals surface area contributed by atoms with Gasteiger partial charge in [0.1, 0.15) is 5.65 Å². The molecule has 1 N–H and O–H groups in total. The summed E-state index contributed by atoms with van der Waals surface area (Å²) < 4.78 is 14.3. The minimum absolute atomic E-state index is 0.321. The zero-order chi connectivity index (χ0) is 27.9. The number of nitrogens with zero attached hydrogens (tertiary/aromatic N) is 4. The Morgan fingerprint density at radius 3 is 2.32 bits per heavy atom. The van der Waals surface area contributed by atoms with E-state index in [1.807, 2.05) is 58.2 Å². The van der Waals surface area contributed by atoms with E-state index in [1.54, 1.807) is 18.2 Å². The molecule has 1 aromatic carbocycles. The number of ether oxygens (including phenoxy) is 2. The predicted molar refractivity (Wildman–Crippen MR) is 145 cm³/mol. The Morgan fingerprint density at radius 1 is 1.11 bits per heavy atom.